The maximum atomic E-state index is 13.1. The second-order valence-electron chi connectivity index (χ2n) is 5.33. The molecule has 3 rings (SSSR count). The van der Waals surface area contributed by atoms with Crippen LogP contribution in [0.4, 0.5) is 4.39 Å². The lowest BCUT2D eigenvalue weighted by Crippen LogP contribution is -2.18. The first kappa shape index (κ1) is 15.5. The van der Waals surface area contributed by atoms with E-state index in [1.165, 1.54) is 24.3 Å². The molecular weight excluding hydrogens is 317 g/mol. The summed E-state index contributed by atoms with van der Waals surface area (Å²) >= 11 is 0. The summed E-state index contributed by atoms with van der Waals surface area (Å²) in [6, 6.07) is 12.6. The van der Waals surface area contributed by atoms with Gasteiger partial charge in [0.2, 0.25) is 10.0 Å². The van der Waals surface area contributed by atoms with Crippen LogP contribution in [0.2, 0.25) is 0 Å². The maximum Gasteiger partial charge on any atom is 0.238 e. The van der Waals surface area contributed by atoms with Crippen LogP contribution < -0.4 is 10.5 Å². The van der Waals surface area contributed by atoms with Gasteiger partial charge in [0.25, 0.3) is 0 Å². The summed E-state index contributed by atoms with van der Waals surface area (Å²) in [4.78, 5) is 2.07. The van der Waals surface area contributed by atoms with Crippen molar-refractivity contribution in [2.75, 3.05) is 13.7 Å². The average molecular weight is 333 g/mol. The topological polar surface area (TPSA) is 75.4 Å². The molecule has 1 heterocycles. The van der Waals surface area contributed by atoms with Crippen molar-refractivity contribution in [1.29, 1.82) is 0 Å². The van der Waals surface area contributed by atoms with E-state index in [4.69, 9.17) is 5.14 Å². The largest absolute Gasteiger partial charge is 0.366 e. The highest BCUT2D eigenvalue weighted by atomic mass is 32.2. The van der Waals surface area contributed by atoms with E-state index in [1.807, 2.05) is 11.9 Å². The van der Waals surface area contributed by atoms with Crippen LogP contribution in [0, 0.1) is 5.82 Å². The van der Waals surface area contributed by atoms with E-state index >= 15 is 0 Å². The van der Waals surface area contributed by atoms with Gasteiger partial charge in [0.15, 0.2) is 0 Å². The summed E-state index contributed by atoms with van der Waals surface area (Å²) < 4.78 is 35.8. The molecule has 3 N–H and O–H groups in total. The first-order valence-corrected chi connectivity index (χ1v) is 8.49. The lowest BCUT2D eigenvalue weighted by atomic mass is 10.1. The predicted molar refractivity (Wildman–Crippen MR) is 86.8 cm³/mol. The third kappa shape index (κ3) is 3.06. The Labute approximate surface area is 134 Å². The Morgan fingerprint density at radius 2 is 1.61 bits per heavy atom. The zero-order valence-electron chi connectivity index (χ0n) is 12.5. The number of rotatable bonds is 3. The number of nitrogens with two attached hydrogens (primary N) is 1. The van der Waals surface area contributed by atoms with Crippen LogP contribution in [0.25, 0.3) is 11.4 Å². The van der Waals surface area contributed by atoms with E-state index in [0.29, 0.717) is 6.67 Å². The van der Waals surface area contributed by atoms with E-state index in [2.05, 4.69) is 5.32 Å². The third-order valence-corrected chi connectivity index (χ3v) is 4.63. The van der Waals surface area contributed by atoms with Gasteiger partial charge in [0.1, 0.15) is 5.82 Å². The fourth-order valence-electron chi connectivity index (χ4n) is 2.57. The van der Waals surface area contributed by atoms with Gasteiger partial charge in [-0.2, -0.15) is 0 Å². The maximum absolute atomic E-state index is 13.1. The van der Waals surface area contributed by atoms with Crippen LogP contribution in [0.15, 0.2) is 53.4 Å². The number of nitrogens with zero attached hydrogens (tertiary/aromatic N) is 1. The number of sulfonamides is 1. The quantitative estimate of drug-likeness (QED) is 0.898. The smallest absolute Gasteiger partial charge is 0.238 e. The minimum atomic E-state index is -3.71. The van der Waals surface area contributed by atoms with Crippen molar-refractivity contribution in [3.05, 3.63) is 65.5 Å². The molecule has 0 radical (unpaired) electrons. The van der Waals surface area contributed by atoms with Crippen molar-refractivity contribution in [3.8, 4) is 0 Å². The van der Waals surface area contributed by atoms with Crippen LogP contribution in [-0.2, 0) is 10.0 Å². The highest BCUT2D eigenvalue weighted by Crippen LogP contribution is 2.31. The van der Waals surface area contributed by atoms with Gasteiger partial charge in [-0.25, -0.2) is 17.9 Å². The van der Waals surface area contributed by atoms with Gasteiger partial charge in [0.05, 0.1) is 23.0 Å². The SMILES string of the molecule is CN1CNC(c2ccc(F)cc2)=C1c1ccc(S(N)(=O)=O)cc1. The van der Waals surface area contributed by atoms with Crippen molar-refractivity contribution < 1.29 is 12.8 Å². The molecule has 0 bridgehead atoms. The van der Waals surface area contributed by atoms with Crippen molar-refractivity contribution in [1.82, 2.24) is 10.2 Å². The normalized spacial score (nSPS) is 15.0. The number of primary sulfonamides is 1. The zero-order chi connectivity index (χ0) is 16.6. The Kier molecular flexibility index (Phi) is 3.83. The van der Waals surface area contributed by atoms with Crippen LogP contribution in [0.5, 0.6) is 0 Å². The lowest BCUT2D eigenvalue weighted by molar-refractivity contribution is 0.494. The van der Waals surface area contributed by atoms with Gasteiger partial charge < -0.3 is 10.2 Å². The number of halogens is 1. The number of hydrogen-bond donors (Lipinski definition) is 2. The van der Waals surface area contributed by atoms with Gasteiger partial charge in [-0.1, -0.05) is 12.1 Å². The van der Waals surface area contributed by atoms with Crippen LogP contribution in [-0.4, -0.2) is 27.0 Å². The summed E-state index contributed by atoms with van der Waals surface area (Å²) in [6.07, 6.45) is 0. The van der Waals surface area contributed by atoms with E-state index in [0.717, 1.165) is 22.5 Å². The predicted octanol–water partition coefficient (Wildman–Crippen LogP) is 1.79. The fraction of sp³-hybridized carbons (Fsp3) is 0.125. The van der Waals surface area contributed by atoms with Crippen LogP contribution >= 0.6 is 0 Å². The molecule has 0 fully saturated rings. The first-order valence-electron chi connectivity index (χ1n) is 6.95. The van der Waals surface area contributed by atoms with Gasteiger partial charge in [-0.15, -0.1) is 0 Å². The molecular formula is C16H16FN3O2S. The summed E-state index contributed by atoms with van der Waals surface area (Å²) in [5.74, 6) is -0.292. The second-order valence-corrected chi connectivity index (χ2v) is 6.89. The Hall–Kier alpha value is -2.38. The number of hydrogen-bond acceptors (Lipinski definition) is 4. The molecule has 0 atom stereocenters. The summed E-state index contributed by atoms with van der Waals surface area (Å²) in [5.41, 5.74) is 3.50. The second kappa shape index (κ2) is 5.68. The van der Waals surface area contributed by atoms with E-state index in [-0.39, 0.29) is 10.7 Å². The van der Waals surface area contributed by atoms with E-state index in [1.54, 1.807) is 24.3 Å². The molecule has 0 unspecified atom stereocenters. The molecule has 0 aliphatic carbocycles. The molecule has 0 aromatic heterocycles. The molecule has 2 aromatic carbocycles. The highest BCUT2D eigenvalue weighted by Gasteiger charge is 2.22. The molecule has 0 spiro atoms. The summed E-state index contributed by atoms with van der Waals surface area (Å²) in [7, 11) is -1.79. The highest BCUT2D eigenvalue weighted by molar-refractivity contribution is 7.89. The zero-order valence-corrected chi connectivity index (χ0v) is 13.3. The van der Waals surface area contributed by atoms with Gasteiger partial charge in [-0.05, 0) is 42.0 Å². The van der Waals surface area contributed by atoms with Crippen molar-refractivity contribution >= 4 is 21.4 Å². The van der Waals surface area contributed by atoms with Crippen molar-refractivity contribution in [2.24, 2.45) is 5.14 Å². The minimum Gasteiger partial charge on any atom is -0.366 e. The Morgan fingerprint density at radius 3 is 2.17 bits per heavy atom. The van der Waals surface area contributed by atoms with Crippen molar-refractivity contribution in [3.63, 3.8) is 0 Å². The molecule has 1 aliphatic rings. The van der Waals surface area contributed by atoms with E-state index < -0.39 is 10.0 Å². The monoisotopic (exact) mass is 333 g/mol. The first-order chi connectivity index (χ1) is 10.9. The Bertz CT molecular complexity index is 859. The number of benzene rings is 2. The molecule has 23 heavy (non-hydrogen) atoms. The molecule has 5 nitrogen and oxygen atoms in total. The average Bonchev–Trinajstić information content (AvgIpc) is 2.89. The van der Waals surface area contributed by atoms with Crippen LogP contribution in [0.3, 0.4) is 0 Å². The van der Waals surface area contributed by atoms with Crippen molar-refractivity contribution in [2.45, 2.75) is 4.90 Å². The van der Waals surface area contributed by atoms with E-state index in [9.17, 15) is 12.8 Å². The Morgan fingerprint density at radius 1 is 1.04 bits per heavy atom. The lowest BCUT2D eigenvalue weighted by Gasteiger charge is -2.16. The minimum absolute atomic E-state index is 0.0683. The molecule has 2 aromatic rings. The molecule has 0 saturated heterocycles. The number of nitrogens with one attached hydrogen (secondary N) is 1. The molecule has 120 valence electrons. The van der Waals surface area contributed by atoms with Gasteiger partial charge in [0, 0.05) is 12.6 Å². The molecule has 0 amide bonds. The molecule has 1 aliphatic heterocycles. The Balaban J connectivity index is 2.07. The standard InChI is InChI=1S/C16H16FN3O2S/c1-20-10-19-15(11-2-6-13(17)7-3-11)16(20)12-4-8-14(9-5-12)23(18,21)22/h2-9,19H,10H2,1H3,(H2,18,21,22). The van der Waals surface area contributed by atoms with Gasteiger partial charge >= 0.3 is 0 Å². The summed E-state index contributed by atoms with van der Waals surface area (Å²) in [6.45, 7) is 0.610. The fourth-order valence-corrected chi connectivity index (χ4v) is 3.09. The molecule has 0 saturated carbocycles. The third-order valence-electron chi connectivity index (χ3n) is 3.70. The molecule has 7 heteroatoms. The van der Waals surface area contributed by atoms with Gasteiger partial charge in [-0.3, -0.25) is 0 Å². The summed E-state index contributed by atoms with van der Waals surface area (Å²) in [5, 5.41) is 8.40. The van der Waals surface area contributed by atoms with Crippen LogP contribution in [0.1, 0.15) is 11.1 Å².